The summed E-state index contributed by atoms with van der Waals surface area (Å²) in [6.07, 6.45) is 4.86. The van der Waals surface area contributed by atoms with Gasteiger partial charge in [0, 0.05) is 0 Å². The van der Waals surface area contributed by atoms with E-state index in [2.05, 4.69) is 20.4 Å². The number of allylic oxidation sites excluding steroid dienone is 1. The zero-order valence-corrected chi connectivity index (χ0v) is 8.40. The number of rotatable bonds is 2. The molecule has 0 radical (unpaired) electrons. The number of nitrogens with two attached hydrogens (primary N) is 1. The summed E-state index contributed by atoms with van der Waals surface area (Å²) in [5.41, 5.74) is 7.62. The van der Waals surface area contributed by atoms with E-state index in [-0.39, 0.29) is 0 Å². The zero-order chi connectivity index (χ0) is 9.19. The van der Waals surface area contributed by atoms with E-state index in [9.17, 15) is 0 Å². The van der Waals surface area contributed by atoms with E-state index in [0.717, 1.165) is 18.9 Å². The molecule has 12 heavy (non-hydrogen) atoms. The second kappa shape index (κ2) is 3.61. The van der Waals surface area contributed by atoms with Crippen molar-refractivity contribution in [1.29, 1.82) is 0 Å². The fourth-order valence-electron chi connectivity index (χ4n) is 2.55. The van der Waals surface area contributed by atoms with Crippen molar-refractivity contribution in [1.82, 2.24) is 0 Å². The van der Waals surface area contributed by atoms with Gasteiger partial charge in [0.1, 0.15) is 0 Å². The Bertz CT molecular complexity index is 168. The van der Waals surface area contributed by atoms with Gasteiger partial charge in [0.15, 0.2) is 0 Å². The molecule has 0 amide bonds. The van der Waals surface area contributed by atoms with Crippen molar-refractivity contribution in [3.05, 3.63) is 12.2 Å². The lowest BCUT2D eigenvalue weighted by atomic mass is 9.67. The minimum Gasteiger partial charge on any atom is -0.330 e. The number of hydrogen-bond acceptors (Lipinski definition) is 1. The van der Waals surface area contributed by atoms with Crippen molar-refractivity contribution >= 4 is 0 Å². The Balaban J connectivity index is 2.69. The van der Waals surface area contributed by atoms with Crippen molar-refractivity contribution in [3.63, 3.8) is 0 Å². The Kier molecular flexibility index (Phi) is 2.94. The maximum Gasteiger partial charge on any atom is -0.00175 e. The van der Waals surface area contributed by atoms with E-state index in [0.29, 0.717) is 5.41 Å². The zero-order valence-electron chi connectivity index (χ0n) is 8.40. The predicted octanol–water partition coefficient (Wildman–Crippen LogP) is 2.72. The molecule has 2 unspecified atom stereocenters. The monoisotopic (exact) mass is 167 g/mol. The molecule has 0 heterocycles. The molecule has 0 aromatic heterocycles. The lowest BCUT2D eigenvalue weighted by molar-refractivity contribution is 0.185. The van der Waals surface area contributed by atoms with Crippen molar-refractivity contribution in [2.75, 3.05) is 6.54 Å². The third-order valence-electron chi connectivity index (χ3n) is 3.23. The quantitative estimate of drug-likeness (QED) is 0.629. The molecule has 0 aromatic carbocycles. The fraction of sp³-hybridized carbons (Fsp3) is 0.818. The summed E-state index contributed by atoms with van der Waals surface area (Å²) in [5.74, 6) is 0.787. The molecule has 2 N–H and O–H groups in total. The van der Waals surface area contributed by atoms with Gasteiger partial charge < -0.3 is 5.73 Å². The van der Waals surface area contributed by atoms with Gasteiger partial charge in [-0.15, -0.1) is 0 Å². The van der Waals surface area contributed by atoms with Crippen molar-refractivity contribution < 1.29 is 0 Å². The van der Waals surface area contributed by atoms with Crippen LogP contribution in [0.1, 0.15) is 39.5 Å². The van der Waals surface area contributed by atoms with Gasteiger partial charge in [0.2, 0.25) is 0 Å². The first-order valence-electron chi connectivity index (χ1n) is 4.98. The normalized spacial score (nSPS) is 36.9. The van der Waals surface area contributed by atoms with Gasteiger partial charge in [0.05, 0.1) is 0 Å². The van der Waals surface area contributed by atoms with E-state index in [1.165, 1.54) is 24.8 Å². The third-order valence-corrected chi connectivity index (χ3v) is 3.23. The van der Waals surface area contributed by atoms with Gasteiger partial charge in [-0.05, 0) is 43.6 Å². The average Bonchev–Trinajstić information content (AvgIpc) is 2.02. The average molecular weight is 167 g/mol. The van der Waals surface area contributed by atoms with E-state index in [1.807, 2.05) is 0 Å². The molecule has 1 heteroatoms. The maximum atomic E-state index is 5.83. The summed E-state index contributed by atoms with van der Waals surface area (Å²) in [6, 6.07) is 0. The topological polar surface area (TPSA) is 26.0 Å². The summed E-state index contributed by atoms with van der Waals surface area (Å²) < 4.78 is 0. The molecule has 0 aliphatic heterocycles. The van der Waals surface area contributed by atoms with Crippen LogP contribution in [-0.2, 0) is 0 Å². The summed E-state index contributed by atoms with van der Waals surface area (Å²) in [5, 5.41) is 0. The number of hydrogen-bond donors (Lipinski definition) is 1. The first kappa shape index (κ1) is 9.79. The predicted molar refractivity (Wildman–Crippen MR) is 53.9 cm³/mol. The highest BCUT2D eigenvalue weighted by molar-refractivity contribution is 5.06. The SMILES string of the molecule is C=C1CC(C)CC(CC)(CN)C1. The minimum absolute atomic E-state index is 0.384. The van der Waals surface area contributed by atoms with Gasteiger partial charge in [-0.2, -0.15) is 0 Å². The molecule has 70 valence electrons. The molecule has 1 rings (SSSR count). The third kappa shape index (κ3) is 1.89. The van der Waals surface area contributed by atoms with E-state index in [4.69, 9.17) is 5.73 Å². The van der Waals surface area contributed by atoms with Gasteiger partial charge >= 0.3 is 0 Å². The van der Waals surface area contributed by atoms with Gasteiger partial charge in [-0.25, -0.2) is 0 Å². The van der Waals surface area contributed by atoms with Crippen molar-refractivity contribution in [2.24, 2.45) is 17.1 Å². The highest BCUT2D eigenvalue weighted by atomic mass is 14.6. The van der Waals surface area contributed by atoms with Crippen LogP contribution in [0.4, 0.5) is 0 Å². The lowest BCUT2D eigenvalue weighted by Gasteiger charge is -2.39. The highest BCUT2D eigenvalue weighted by Gasteiger charge is 2.33. The molecule has 0 saturated heterocycles. The van der Waals surface area contributed by atoms with Crippen molar-refractivity contribution in [3.8, 4) is 0 Å². The van der Waals surface area contributed by atoms with Crippen LogP contribution in [0.25, 0.3) is 0 Å². The first-order chi connectivity index (χ1) is 5.62. The van der Waals surface area contributed by atoms with Crippen LogP contribution < -0.4 is 5.73 Å². The van der Waals surface area contributed by atoms with Crippen LogP contribution in [0.5, 0.6) is 0 Å². The first-order valence-corrected chi connectivity index (χ1v) is 4.98. The second-order valence-electron chi connectivity index (χ2n) is 4.50. The Hall–Kier alpha value is -0.300. The molecular weight excluding hydrogens is 146 g/mol. The Morgan fingerprint density at radius 3 is 2.75 bits per heavy atom. The van der Waals surface area contributed by atoms with Crippen molar-refractivity contribution in [2.45, 2.75) is 39.5 Å². The van der Waals surface area contributed by atoms with Crippen LogP contribution >= 0.6 is 0 Å². The molecule has 2 atom stereocenters. The van der Waals surface area contributed by atoms with E-state index in [1.54, 1.807) is 0 Å². The van der Waals surface area contributed by atoms with E-state index < -0.39 is 0 Å². The summed E-state index contributed by atoms with van der Waals surface area (Å²) in [4.78, 5) is 0. The summed E-state index contributed by atoms with van der Waals surface area (Å²) in [7, 11) is 0. The minimum atomic E-state index is 0.384. The Morgan fingerprint density at radius 1 is 1.67 bits per heavy atom. The molecular formula is C11H21N. The molecule has 0 spiro atoms. The van der Waals surface area contributed by atoms with Crippen LogP contribution in [0.2, 0.25) is 0 Å². The smallest absolute Gasteiger partial charge is 0.00175 e. The van der Waals surface area contributed by atoms with Crippen LogP contribution in [0.3, 0.4) is 0 Å². The van der Waals surface area contributed by atoms with Crippen LogP contribution in [0.15, 0.2) is 12.2 Å². The second-order valence-corrected chi connectivity index (χ2v) is 4.50. The molecule has 1 fully saturated rings. The lowest BCUT2D eigenvalue weighted by Crippen LogP contribution is -2.35. The summed E-state index contributed by atoms with van der Waals surface area (Å²) >= 11 is 0. The van der Waals surface area contributed by atoms with Crippen LogP contribution in [0, 0.1) is 11.3 Å². The largest absolute Gasteiger partial charge is 0.330 e. The van der Waals surface area contributed by atoms with E-state index >= 15 is 0 Å². The summed E-state index contributed by atoms with van der Waals surface area (Å²) in [6.45, 7) is 9.48. The van der Waals surface area contributed by atoms with Gasteiger partial charge in [-0.3, -0.25) is 0 Å². The molecule has 1 aliphatic rings. The Morgan fingerprint density at radius 2 is 2.33 bits per heavy atom. The standard InChI is InChI=1S/C11H21N/c1-4-11(8-12)6-9(2)5-10(3)7-11/h10H,2,4-8,12H2,1,3H3. The Labute approximate surface area is 76.0 Å². The molecule has 1 nitrogen and oxygen atoms in total. The maximum absolute atomic E-state index is 5.83. The molecule has 0 aromatic rings. The highest BCUT2D eigenvalue weighted by Crippen LogP contribution is 2.42. The van der Waals surface area contributed by atoms with Crippen LogP contribution in [-0.4, -0.2) is 6.54 Å². The fourth-order valence-corrected chi connectivity index (χ4v) is 2.55. The molecule has 1 aliphatic carbocycles. The van der Waals surface area contributed by atoms with Gasteiger partial charge in [-0.1, -0.05) is 26.0 Å². The van der Waals surface area contributed by atoms with Gasteiger partial charge in [0.25, 0.3) is 0 Å². The molecule has 1 saturated carbocycles. The molecule has 0 bridgehead atoms.